The Hall–Kier alpha value is -0.980. The van der Waals surface area contributed by atoms with Crippen LogP contribution in [0.1, 0.15) is 51.0 Å². The van der Waals surface area contributed by atoms with Crippen molar-refractivity contribution in [2.24, 2.45) is 4.99 Å². The number of aryl methyl sites for hydroxylation is 1. The highest BCUT2D eigenvalue weighted by Crippen LogP contribution is 2.17. The van der Waals surface area contributed by atoms with Crippen LogP contribution in [0.25, 0.3) is 0 Å². The van der Waals surface area contributed by atoms with Gasteiger partial charge in [0.15, 0.2) is 5.96 Å². The van der Waals surface area contributed by atoms with E-state index in [4.69, 9.17) is 0 Å². The summed E-state index contributed by atoms with van der Waals surface area (Å²) in [6, 6.07) is 8.03. The van der Waals surface area contributed by atoms with Gasteiger partial charge in [0, 0.05) is 19.1 Å². The first-order chi connectivity index (χ1) is 10.8. The van der Waals surface area contributed by atoms with Gasteiger partial charge in [0.25, 0.3) is 0 Å². The maximum Gasteiger partial charge on any atom is 0.191 e. The molecule has 4 nitrogen and oxygen atoms in total. The normalized spacial score (nSPS) is 15.8. The van der Waals surface area contributed by atoms with E-state index in [2.05, 4.69) is 22.5 Å². The van der Waals surface area contributed by atoms with E-state index in [1.165, 1.54) is 37.7 Å². The van der Waals surface area contributed by atoms with Crippen molar-refractivity contribution in [3.63, 3.8) is 0 Å². The average Bonchev–Trinajstić information content (AvgIpc) is 2.54. The van der Waals surface area contributed by atoms with Gasteiger partial charge in [-0.2, -0.15) is 0 Å². The zero-order chi connectivity index (χ0) is 15.6. The van der Waals surface area contributed by atoms with E-state index in [9.17, 15) is 5.11 Å². The van der Waals surface area contributed by atoms with Crippen LogP contribution >= 0.6 is 24.0 Å². The van der Waals surface area contributed by atoms with E-state index in [0.717, 1.165) is 31.9 Å². The van der Waals surface area contributed by atoms with Crippen molar-refractivity contribution in [3.8, 4) is 5.75 Å². The molecule has 2 rings (SSSR count). The second-order valence-electron chi connectivity index (χ2n) is 6.01. The fourth-order valence-corrected chi connectivity index (χ4v) is 2.90. The van der Waals surface area contributed by atoms with E-state index < -0.39 is 0 Å². The summed E-state index contributed by atoms with van der Waals surface area (Å²) < 4.78 is 0. The Bertz CT molecular complexity index is 456. The van der Waals surface area contributed by atoms with Gasteiger partial charge in [-0.15, -0.1) is 24.0 Å². The van der Waals surface area contributed by atoms with Gasteiger partial charge in [-0.3, -0.25) is 4.99 Å². The van der Waals surface area contributed by atoms with Crippen molar-refractivity contribution in [3.05, 3.63) is 29.8 Å². The molecule has 0 saturated heterocycles. The fraction of sp³-hybridized carbons (Fsp3) is 0.611. The van der Waals surface area contributed by atoms with Crippen molar-refractivity contribution in [1.29, 1.82) is 0 Å². The number of phenolic OH excluding ortho intramolecular Hbond substituents is 1. The zero-order valence-electron chi connectivity index (χ0n) is 14.1. The Labute approximate surface area is 157 Å². The van der Waals surface area contributed by atoms with Crippen LogP contribution in [0.4, 0.5) is 0 Å². The van der Waals surface area contributed by atoms with E-state index in [1.807, 2.05) is 12.1 Å². The lowest BCUT2D eigenvalue weighted by atomic mass is 9.96. The summed E-state index contributed by atoms with van der Waals surface area (Å²) in [5, 5.41) is 16.2. The third kappa shape index (κ3) is 7.90. The maximum absolute atomic E-state index is 9.28. The van der Waals surface area contributed by atoms with Crippen LogP contribution in [0.5, 0.6) is 5.75 Å². The van der Waals surface area contributed by atoms with Crippen LogP contribution in [0.2, 0.25) is 0 Å². The molecule has 0 radical (unpaired) electrons. The molecule has 0 atom stereocenters. The highest BCUT2D eigenvalue weighted by atomic mass is 127. The summed E-state index contributed by atoms with van der Waals surface area (Å²) in [5.74, 6) is 1.29. The number of phenols is 1. The van der Waals surface area contributed by atoms with Crippen molar-refractivity contribution in [2.75, 3.05) is 13.1 Å². The summed E-state index contributed by atoms with van der Waals surface area (Å²) in [5.41, 5.74) is 1.25. The third-order valence-electron chi connectivity index (χ3n) is 4.12. The van der Waals surface area contributed by atoms with Crippen molar-refractivity contribution < 1.29 is 5.11 Å². The van der Waals surface area contributed by atoms with E-state index in [1.54, 1.807) is 12.1 Å². The molecule has 1 aliphatic carbocycles. The number of rotatable bonds is 6. The molecule has 0 heterocycles. The number of nitrogens with one attached hydrogen (secondary N) is 2. The molecule has 1 fully saturated rings. The topological polar surface area (TPSA) is 56.7 Å². The van der Waals surface area contributed by atoms with Crippen molar-refractivity contribution in [1.82, 2.24) is 10.6 Å². The molecule has 3 N–H and O–H groups in total. The highest BCUT2D eigenvalue weighted by molar-refractivity contribution is 14.0. The van der Waals surface area contributed by atoms with Gasteiger partial charge < -0.3 is 15.7 Å². The van der Waals surface area contributed by atoms with Crippen LogP contribution in [0.15, 0.2) is 29.3 Å². The van der Waals surface area contributed by atoms with Crippen molar-refractivity contribution >= 4 is 29.9 Å². The standard InChI is InChI=1S/C18H29N3O.HI/c1-2-19-18(21-16-8-4-3-5-9-16)20-14-6-7-15-10-12-17(22)13-11-15;/h10-13,16,22H,2-9,14H2,1H3,(H2,19,20,21);1H. The van der Waals surface area contributed by atoms with Gasteiger partial charge in [0.2, 0.25) is 0 Å². The number of hydrogen-bond donors (Lipinski definition) is 3. The third-order valence-corrected chi connectivity index (χ3v) is 4.12. The molecule has 0 spiro atoms. The van der Waals surface area contributed by atoms with Gasteiger partial charge >= 0.3 is 0 Å². The molecule has 0 bridgehead atoms. The molecule has 23 heavy (non-hydrogen) atoms. The van der Waals surface area contributed by atoms with Crippen LogP contribution in [-0.2, 0) is 6.42 Å². The number of nitrogens with zero attached hydrogens (tertiary/aromatic N) is 1. The number of halogens is 1. The first-order valence-corrected chi connectivity index (χ1v) is 8.60. The van der Waals surface area contributed by atoms with E-state index in [0.29, 0.717) is 11.8 Å². The van der Waals surface area contributed by atoms with Crippen LogP contribution in [-0.4, -0.2) is 30.2 Å². The van der Waals surface area contributed by atoms with Gasteiger partial charge in [0.05, 0.1) is 0 Å². The first kappa shape index (κ1) is 20.1. The number of benzene rings is 1. The summed E-state index contributed by atoms with van der Waals surface area (Å²) in [7, 11) is 0. The molecule has 1 aliphatic rings. The van der Waals surface area contributed by atoms with Crippen LogP contribution in [0.3, 0.4) is 0 Å². The van der Waals surface area contributed by atoms with Crippen LogP contribution in [0, 0.1) is 0 Å². The predicted molar refractivity (Wildman–Crippen MR) is 108 cm³/mol. The minimum atomic E-state index is 0. The summed E-state index contributed by atoms with van der Waals surface area (Å²) in [6.45, 7) is 3.83. The summed E-state index contributed by atoms with van der Waals surface area (Å²) in [4.78, 5) is 4.69. The minimum Gasteiger partial charge on any atom is -0.508 e. The molecule has 0 aliphatic heterocycles. The monoisotopic (exact) mass is 431 g/mol. The molecular weight excluding hydrogens is 401 g/mol. The lowest BCUT2D eigenvalue weighted by Gasteiger charge is -2.24. The molecule has 1 aromatic carbocycles. The Balaban J connectivity index is 0.00000264. The molecule has 0 unspecified atom stereocenters. The minimum absolute atomic E-state index is 0. The number of aliphatic imine (C=N–C) groups is 1. The lowest BCUT2D eigenvalue weighted by Crippen LogP contribution is -2.44. The Morgan fingerprint density at radius 2 is 1.87 bits per heavy atom. The van der Waals surface area contributed by atoms with Gasteiger partial charge in [-0.05, 0) is 50.3 Å². The highest BCUT2D eigenvalue weighted by Gasteiger charge is 2.14. The van der Waals surface area contributed by atoms with Gasteiger partial charge in [-0.25, -0.2) is 0 Å². The predicted octanol–water partition coefficient (Wildman–Crippen LogP) is 3.83. The van der Waals surface area contributed by atoms with Crippen LogP contribution < -0.4 is 10.6 Å². The molecule has 0 aromatic heterocycles. The summed E-state index contributed by atoms with van der Waals surface area (Å²) in [6.07, 6.45) is 8.57. The zero-order valence-corrected chi connectivity index (χ0v) is 16.4. The van der Waals surface area contributed by atoms with E-state index in [-0.39, 0.29) is 24.0 Å². The fourth-order valence-electron chi connectivity index (χ4n) is 2.90. The SMILES string of the molecule is CCNC(=NCCCc1ccc(O)cc1)NC1CCCCC1.I. The maximum atomic E-state index is 9.28. The largest absolute Gasteiger partial charge is 0.508 e. The number of hydrogen-bond acceptors (Lipinski definition) is 2. The first-order valence-electron chi connectivity index (χ1n) is 8.60. The quantitative estimate of drug-likeness (QED) is 0.278. The van der Waals surface area contributed by atoms with Crippen molar-refractivity contribution in [2.45, 2.75) is 57.9 Å². The Kier molecular flexibility index (Phi) is 10.1. The smallest absolute Gasteiger partial charge is 0.191 e. The lowest BCUT2D eigenvalue weighted by molar-refractivity contribution is 0.410. The average molecular weight is 431 g/mol. The second-order valence-corrected chi connectivity index (χ2v) is 6.01. The molecule has 1 saturated carbocycles. The Morgan fingerprint density at radius 1 is 1.17 bits per heavy atom. The molecule has 1 aromatic rings. The number of aromatic hydroxyl groups is 1. The Morgan fingerprint density at radius 3 is 2.52 bits per heavy atom. The second kappa shape index (κ2) is 11.5. The molecular formula is C18H30IN3O. The van der Waals surface area contributed by atoms with E-state index >= 15 is 0 Å². The van der Waals surface area contributed by atoms with Gasteiger partial charge in [-0.1, -0.05) is 31.4 Å². The number of guanidine groups is 1. The summed E-state index contributed by atoms with van der Waals surface area (Å²) >= 11 is 0. The molecule has 0 amide bonds. The molecule has 130 valence electrons. The van der Waals surface area contributed by atoms with Gasteiger partial charge in [0.1, 0.15) is 5.75 Å². The molecule has 5 heteroatoms.